The number of piperazine rings is 1. The van der Waals surface area contributed by atoms with Crippen LogP contribution in [0, 0.1) is 0 Å². The van der Waals surface area contributed by atoms with Crippen LogP contribution in [-0.2, 0) is 0 Å². The van der Waals surface area contributed by atoms with Gasteiger partial charge >= 0.3 is 0 Å². The van der Waals surface area contributed by atoms with Crippen LogP contribution in [0.1, 0.15) is 20.3 Å². The van der Waals surface area contributed by atoms with E-state index in [1.54, 1.807) is 5.54 Å². The van der Waals surface area contributed by atoms with Gasteiger partial charge in [-0.15, -0.1) is 0 Å². The fourth-order valence-corrected chi connectivity index (χ4v) is 1.81. The monoisotopic (exact) mass is 202 g/mol. The molecule has 0 saturated carbocycles. The third-order valence-electron chi connectivity index (χ3n) is 2.79. The molecule has 0 aromatic rings. The van der Waals surface area contributed by atoms with E-state index < -0.39 is 0 Å². The van der Waals surface area contributed by atoms with Crippen molar-refractivity contribution in [3.63, 3.8) is 0 Å². The Morgan fingerprint density at radius 1 is 1.62 bits per heavy atom. The lowest BCUT2D eigenvalue weighted by molar-refractivity contribution is 0.152. The van der Waals surface area contributed by atoms with E-state index in [0.29, 0.717) is 5.54 Å². The smallest absolute Gasteiger partial charge is 0.0278 e. The van der Waals surface area contributed by atoms with E-state index in [4.69, 9.17) is 11.6 Å². The maximum absolute atomic E-state index is 5.50. The molecule has 1 unspecified atom stereocenters. The van der Waals surface area contributed by atoms with E-state index in [-0.39, 0.29) is 0 Å². The molecule has 3 heteroatoms. The minimum absolute atomic E-state index is 0.290. The average molecular weight is 203 g/mol. The van der Waals surface area contributed by atoms with Gasteiger partial charge in [-0.05, 0) is 13.3 Å². The summed E-state index contributed by atoms with van der Waals surface area (Å²) < 4.78 is 0. The molecular weight excluding hydrogens is 184 g/mol. The van der Waals surface area contributed by atoms with E-state index in [0.717, 1.165) is 26.2 Å². The van der Waals surface area contributed by atoms with Crippen molar-refractivity contribution in [2.45, 2.75) is 25.8 Å². The van der Waals surface area contributed by atoms with E-state index in [1.807, 2.05) is 6.08 Å². The van der Waals surface area contributed by atoms with Crippen molar-refractivity contribution >= 4 is 11.6 Å². The molecule has 13 heavy (non-hydrogen) atoms. The van der Waals surface area contributed by atoms with Crippen molar-refractivity contribution < 1.29 is 0 Å². The van der Waals surface area contributed by atoms with Crippen LogP contribution in [0.2, 0.25) is 0 Å². The maximum Gasteiger partial charge on any atom is 0.0278 e. The number of nitrogens with zero attached hydrogens (tertiary/aromatic N) is 1. The molecule has 1 heterocycles. The summed E-state index contributed by atoms with van der Waals surface area (Å²) in [7, 11) is 0. The third kappa shape index (κ3) is 3.29. The van der Waals surface area contributed by atoms with Crippen LogP contribution < -0.4 is 5.32 Å². The highest BCUT2D eigenvalue weighted by Gasteiger charge is 2.27. The van der Waals surface area contributed by atoms with Gasteiger partial charge in [0.1, 0.15) is 0 Å². The molecule has 0 aromatic heterocycles. The molecule has 0 amide bonds. The van der Waals surface area contributed by atoms with Gasteiger partial charge in [-0.2, -0.15) is 0 Å². The van der Waals surface area contributed by atoms with Crippen molar-refractivity contribution in [2.24, 2.45) is 0 Å². The normalized spacial score (nSPS) is 31.3. The predicted octanol–water partition coefficient (Wildman–Crippen LogP) is 1.81. The van der Waals surface area contributed by atoms with Gasteiger partial charge in [-0.1, -0.05) is 24.6 Å². The zero-order valence-electron chi connectivity index (χ0n) is 8.52. The first-order valence-corrected chi connectivity index (χ1v) is 5.36. The van der Waals surface area contributed by atoms with Crippen molar-refractivity contribution in [3.05, 3.63) is 11.6 Å². The second-order valence-corrected chi connectivity index (χ2v) is 4.19. The van der Waals surface area contributed by atoms with Gasteiger partial charge in [0.25, 0.3) is 0 Å². The quantitative estimate of drug-likeness (QED) is 0.751. The lowest BCUT2D eigenvalue weighted by atomic mass is 9.96. The van der Waals surface area contributed by atoms with E-state index in [1.165, 1.54) is 6.42 Å². The Labute approximate surface area is 85.9 Å². The molecule has 0 radical (unpaired) electrons. The van der Waals surface area contributed by atoms with Crippen molar-refractivity contribution in [1.29, 1.82) is 0 Å². The van der Waals surface area contributed by atoms with E-state index in [2.05, 4.69) is 24.1 Å². The number of rotatable bonds is 3. The van der Waals surface area contributed by atoms with Crippen molar-refractivity contribution in [3.8, 4) is 0 Å². The molecule has 0 spiro atoms. The van der Waals surface area contributed by atoms with Crippen molar-refractivity contribution in [2.75, 3.05) is 26.2 Å². The molecule has 1 fully saturated rings. The Morgan fingerprint density at radius 3 is 3.00 bits per heavy atom. The standard InChI is InChI=1S/C10H19ClN2/c1-3-10(2)9-13(7-4-5-11)8-6-12-10/h4-5,12H,3,6-9H2,1-2H3/b5-4+. The van der Waals surface area contributed by atoms with Gasteiger partial charge in [0.15, 0.2) is 0 Å². The SMILES string of the molecule is CCC1(C)CN(C/C=C/Cl)CCN1. The van der Waals surface area contributed by atoms with E-state index >= 15 is 0 Å². The molecule has 1 aliphatic heterocycles. The Kier molecular flexibility index (Phi) is 4.23. The minimum Gasteiger partial charge on any atom is -0.309 e. The highest BCUT2D eigenvalue weighted by molar-refractivity contribution is 6.25. The summed E-state index contributed by atoms with van der Waals surface area (Å²) in [4.78, 5) is 2.43. The zero-order valence-corrected chi connectivity index (χ0v) is 9.27. The number of hydrogen-bond acceptors (Lipinski definition) is 2. The van der Waals surface area contributed by atoms with Crippen LogP contribution in [0.5, 0.6) is 0 Å². The molecule has 76 valence electrons. The topological polar surface area (TPSA) is 15.3 Å². The highest BCUT2D eigenvalue weighted by atomic mass is 35.5. The van der Waals surface area contributed by atoms with Crippen LogP contribution in [0.15, 0.2) is 11.6 Å². The predicted molar refractivity (Wildman–Crippen MR) is 58.1 cm³/mol. The summed E-state index contributed by atoms with van der Waals surface area (Å²) in [5.41, 5.74) is 1.89. The summed E-state index contributed by atoms with van der Waals surface area (Å²) in [5, 5.41) is 3.55. The number of halogens is 1. The summed E-state index contributed by atoms with van der Waals surface area (Å²) in [6.45, 7) is 8.81. The molecule has 1 N–H and O–H groups in total. The summed E-state index contributed by atoms with van der Waals surface area (Å²) >= 11 is 5.50. The van der Waals surface area contributed by atoms with E-state index in [9.17, 15) is 0 Å². The van der Waals surface area contributed by atoms with Crippen LogP contribution >= 0.6 is 11.6 Å². The number of nitrogens with one attached hydrogen (secondary N) is 1. The average Bonchev–Trinajstić information content (AvgIpc) is 2.15. The molecule has 1 atom stereocenters. The summed E-state index contributed by atoms with van der Waals surface area (Å²) in [6, 6.07) is 0. The minimum atomic E-state index is 0.290. The Balaban J connectivity index is 2.41. The zero-order chi connectivity index (χ0) is 9.73. The lowest BCUT2D eigenvalue weighted by Crippen LogP contribution is -2.58. The summed E-state index contributed by atoms with van der Waals surface area (Å²) in [5.74, 6) is 0. The van der Waals surface area contributed by atoms with Gasteiger partial charge < -0.3 is 5.32 Å². The first-order chi connectivity index (χ1) is 6.20. The molecule has 2 nitrogen and oxygen atoms in total. The third-order valence-corrected chi connectivity index (χ3v) is 2.96. The molecule has 1 saturated heterocycles. The fraction of sp³-hybridized carbons (Fsp3) is 0.800. The van der Waals surface area contributed by atoms with Crippen LogP contribution in [0.3, 0.4) is 0 Å². The Hall–Kier alpha value is -0.0500. The molecule has 0 aliphatic carbocycles. The second-order valence-electron chi connectivity index (χ2n) is 3.94. The first-order valence-electron chi connectivity index (χ1n) is 4.93. The number of hydrogen-bond donors (Lipinski definition) is 1. The van der Waals surface area contributed by atoms with Gasteiger partial charge in [0, 0.05) is 37.3 Å². The van der Waals surface area contributed by atoms with Gasteiger partial charge in [0.2, 0.25) is 0 Å². The molecule has 1 aliphatic rings. The van der Waals surface area contributed by atoms with Crippen LogP contribution in [0.4, 0.5) is 0 Å². The maximum atomic E-state index is 5.50. The van der Waals surface area contributed by atoms with Gasteiger partial charge in [0.05, 0.1) is 0 Å². The molecular formula is C10H19ClN2. The van der Waals surface area contributed by atoms with Crippen LogP contribution in [-0.4, -0.2) is 36.6 Å². The first kappa shape index (κ1) is 11.0. The molecule has 0 bridgehead atoms. The van der Waals surface area contributed by atoms with Crippen LogP contribution in [0.25, 0.3) is 0 Å². The Morgan fingerprint density at radius 2 is 2.38 bits per heavy atom. The molecule has 1 rings (SSSR count). The van der Waals surface area contributed by atoms with Gasteiger partial charge in [-0.25, -0.2) is 0 Å². The van der Waals surface area contributed by atoms with Crippen molar-refractivity contribution in [1.82, 2.24) is 10.2 Å². The second kappa shape index (κ2) is 4.99. The summed E-state index contributed by atoms with van der Waals surface area (Å²) in [6.07, 6.45) is 3.18. The Bertz CT molecular complexity index is 182. The molecule has 0 aromatic carbocycles. The largest absolute Gasteiger partial charge is 0.309 e. The van der Waals surface area contributed by atoms with Gasteiger partial charge in [-0.3, -0.25) is 4.90 Å². The fourth-order valence-electron chi connectivity index (χ4n) is 1.73. The lowest BCUT2D eigenvalue weighted by Gasteiger charge is -2.40. The highest BCUT2D eigenvalue weighted by Crippen LogP contribution is 2.14.